The largest absolute Gasteiger partial charge is 0.488 e. The molecular formula is C33H39N3O6. The third-order valence-electron chi connectivity index (χ3n) is 6.34. The molecule has 0 aliphatic carbocycles. The number of carbonyl (C=O) groups is 3. The summed E-state index contributed by atoms with van der Waals surface area (Å²) in [6, 6.07) is 18.0. The summed E-state index contributed by atoms with van der Waals surface area (Å²) in [6.45, 7) is 11.9. The molecule has 1 N–H and O–H groups in total. The molecule has 1 saturated heterocycles. The predicted octanol–water partition coefficient (Wildman–Crippen LogP) is 6.73. The fourth-order valence-corrected chi connectivity index (χ4v) is 4.37. The van der Waals surface area contributed by atoms with Crippen molar-refractivity contribution in [1.29, 1.82) is 0 Å². The van der Waals surface area contributed by atoms with E-state index < -0.39 is 23.1 Å². The van der Waals surface area contributed by atoms with Gasteiger partial charge in [-0.1, -0.05) is 30.3 Å². The second-order valence-corrected chi connectivity index (χ2v) is 12.3. The minimum absolute atomic E-state index is 0.139. The molecule has 1 aliphatic heterocycles. The van der Waals surface area contributed by atoms with Crippen molar-refractivity contribution in [3.05, 3.63) is 78.1 Å². The van der Waals surface area contributed by atoms with E-state index in [1.165, 1.54) is 0 Å². The van der Waals surface area contributed by atoms with E-state index >= 15 is 0 Å². The molecule has 0 saturated carbocycles. The average Bonchev–Trinajstić information content (AvgIpc) is 2.92. The third kappa shape index (κ3) is 8.55. The Hall–Kier alpha value is -4.40. The molecule has 0 radical (unpaired) electrons. The van der Waals surface area contributed by atoms with Gasteiger partial charge in [-0.05, 0) is 77.4 Å². The number of ether oxygens (including phenoxy) is 3. The first-order valence-electron chi connectivity index (χ1n) is 14.1. The van der Waals surface area contributed by atoms with Gasteiger partial charge in [0.15, 0.2) is 11.4 Å². The van der Waals surface area contributed by atoms with Crippen molar-refractivity contribution < 1.29 is 28.6 Å². The first-order chi connectivity index (χ1) is 19.8. The van der Waals surface area contributed by atoms with Crippen LogP contribution in [0.4, 0.5) is 10.5 Å². The number of nitrogens with zero attached hydrogens (tertiary/aromatic N) is 2. The Morgan fingerprint density at radius 3 is 2.05 bits per heavy atom. The van der Waals surface area contributed by atoms with Gasteiger partial charge < -0.3 is 24.4 Å². The minimum Gasteiger partial charge on any atom is -0.488 e. The van der Waals surface area contributed by atoms with Crippen LogP contribution in [0.15, 0.2) is 66.9 Å². The molecule has 222 valence electrons. The molecule has 4 rings (SSSR count). The zero-order chi connectivity index (χ0) is 30.5. The molecule has 1 aromatic heterocycles. The van der Waals surface area contributed by atoms with E-state index in [0.29, 0.717) is 42.9 Å². The van der Waals surface area contributed by atoms with Gasteiger partial charge in [-0.15, -0.1) is 0 Å². The van der Waals surface area contributed by atoms with Crippen LogP contribution in [-0.4, -0.2) is 58.2 Å². The van der Waals surface area contributed by atoms with Gasteiger partial charge >= 0.3 is 12.1 Å². The Balaban J connectivity index is 1.50. The maximum atomic E-state index is 13.4. The molecule has 0 atom stereocenters. The average molecular weight is 574 g/mol. The van der Waals surface area contributed by atoms with Crippen LogP contribution in [0.5, 0.6) is 5.75 Å². The normalized spacial score (nSPS) is 14.2. The van der Waals surface area contributed by atoms with Crippen LogP contribution in [0.1, 0.15) is 75.2 Å². The first-order valence-corrected chi connectivity index (χ1v) is 14.1. The van der Waals surface area contributed by atoms with Crippen LogP contribution in [0.3, 0.4) is 0 Å². The third-order valence-corrected chi connectivity index (χ3v) is 6.34. The van der Waals surface area contributed by atoms with Crippen LogP contribution in [0, 0.1) is 0 Å². The topological polar surface area (TPSA) is 107 Å². The van der Waals surface area contributed by atoms with E-state index in [2.05, 4.69) is 10.3 Å². The van der Waals surface area contributed by atoms with Gasteiger partial charge in [0.05, 0.1) is 5.56 Å². The Kier molecular flexibility index (Phi) is 9.19. The molecule has 2 heterocycles. The van der Waals surface area contributed by atoms with Crippen molar-refractivity contribution in [2.45, 2.75) is 71.7 Å². The zero-order valence-corrected chi connectivity index (χ0v) is 25.1. The van der Waals surface area contributed by atoms with Gasteiger partial charge in [0, 0.05) is 43.4 Å². The highest BCUT2D eigenvalue weighted by Crippen LogP contribution is 2.29. The van der Waals surface area contributed by atoms with Crippen molar-refractivity contribution in [2.75, 3.05) is 18.4 Å². The summed E-state index contributed by atoms with van der Waals surface area (Å²) < 4.78 is 17.3. The lowest BCUT2D eigenvalue weighted by molar-refractivity contribution is 0.00670. The zero-order valence-electron chi connectivity index (χ0n) is 25.1. The summed E-state index contributed by atoms with van der Waals surface area (Å²) in [6.07, 6.45) is 2.26. The molecule has 0 unspecified atom stereocenters. The molecule has 2 aromatic carbocycles. The number of anilines is 1. The second-order valence-electron chi connectivity index (χ2n) is 12.3. The van der Waals surface area contributed by atoms with Crippen molar-refractivity contribution in [3.63, 3.8) is 0 Å². The molecule has 1 fully saturated rings. The van der Waals surface area contributed by atoms with Gasteiger partial charge in [0.2, 0.25) is 0 Å². The lowest BCUT2D eigenvalue weighted by Crippen LogP contribution is -2.44. The Labute approximate surface area is 247 Å². The smallest absolute Gasteiger partial charge is 0.410 e. The minimum atomic E-state index is -0.607. The number of likely N-dealkylation sites (tertiary alicyclic amines) is 1. The summed E-state index contributed by atoms with van der Waals surface area (Å²) >= 11 is 0. The van der Waals surface area contributed by atoms with Crippen molar-refractivity contribution >= 4 is 23.7 Å². The number of benzene rings is 2. The number of esters is 1. The number of piperidine rings is 1. The monoisotopic (exact) mass is 573 g/mol. The van der Waals surface area contributed by atoms with Crippen LogP contribution in [0.2, 0.25) is 0 Å². The molecule has 9 nitrogen and oxygen atoms in total. The van der Waals surface area contributed by atoms with Gasteiger partial charge in [-0.3, -0.25) is 4.79 Å². The van der Waals surface area contributed by atoms with Crippen molar-refractivity contribution in [1.82, 2.24) is 9.88 Å². The molecule has 2 amide bonds. The summed E-state index contributed by atoms with van der Waals surface area (Å²) in [7, 11) is 0. The van der Waals surface area contributed by atoms with Gasteiger partial charge in [-0.2, -0.15) is 0 Å². The lowest BCUT2D eigenvalue weighted by atomic mass is 10.1. The number of hydrogen-bond donors (Lipinski definition) is 1. The summed E-state index contributed by atoms with van der Waals surface area (Å²) in [5.41, 5.74) is 1.61. The highest BCUT2D eigenvalue weighted by Gasteiger charge is 2.29. The van der Waals surface area contributed by atoms with Crippen LogP contribution < -0.4 is 10.1 Å². The van der Waals surface area contributed by atoms with Crippen molar-refractivity contribution in [3.8, 4) is 16.9 Å². The van der Waals surface area contributed by atoms with Crippen LogP contribution in [0.25, 0.3) is 11.1 Å². The van der Waals surface area contributed by atoms with E-state index in [9.17, 15) is 14.4 Å². The molecule has 1 aliphatic rings. The number of hydrogen-bond acceptors (Lipinski definition) is 7. The highest BCUT2D eigenvalue weighted by molar-refractivity contribution is 6.05. The van der Waals surface area contributed by atoms with E-state index in [0.717, 1.165) is 11.1 Å². The summed E-state index contributed by atoms with van der Waals surface area (Å²) in [4.78, 5) is 44.4. The summed E-state index contributed by atoms with van der Waals surface area (Å²) in [5, 5.41) is 2.85. The van der Waals surface area contributed by atoms with Gasteiger partial charge in [0.25, 0.3) is 5.91 Å². The van der Waals surface area contributed by atoms with Crippen molar-refractivity contribution in [2.24, 2.45) is 0 Å². The number of carbonyl (C=O) groups excluding carboxylic acids is 3. The van der Waals surface area contributed by atoms with Crippen LogP contribution in [-0.2, 0) is 9.47 Å². The molecule has 42 heavy (non-hydrogen) atoms. The second kappa shape index (κ2) is 12.6. The van der Waals surface area contributed by atoms with E-state index in [1.54, 1.807) is 56.1 Å². The lowest BCUT2D eigenvalue weighted by Gasteiger charge is -2.33. The van der Waals surface area contributed by atoms with Gasteiger partial charge in [0.1, 0.15) is 17.3 Å². The summed E-state index contributed by atoms with van der Waals surface area (Å²) in [5.74, 6) is -0.525. The maximum Gasteiger partial charge on any atom is 0.410 e. The number of rotatable bonds is 6. The van der Waals surface area contributed by atoms with Crippen LogP contribution >= 0.6 is 0 Å². The molecule has 0 spiro atoms. The Morgan fingerprint density at radius 2 is 1.45 bits per heavy atom. The van der Waals surface area contributed by atoms with E-state index in [-0.39, 0.29) is 17.9 Å². The molecule has 9 heteroatoms. The molecular weight excluding hydrogens is 534 g/mol. The first kappa shape index (κ1) is 30.6. The number of amides is 2. The SMILES string of the molecule is CC(C)(C)OC(=O)c1ccc(NC(=O)c2ncc(-c3ccccc3)cc2OC2CCN(C(=O)OC(C)(C)C)CC2)cc1. The predicted molar refractivity (Wildman–Crippen MR) is 161 cm³/mol. The van der Waals surface area contributed by atoms with Gasteiger partial charge in [-0.25, -0.2) is 14.6 Å². The standard InChI is InChI=1S/C33H39N3O6/c1-32(2,3)41-30(38)23-12-14-25(15-13-23)35-29(37)28-27(20-24(21-34-28)22-10-8-7-9-11-22)40-26-16-18-36(19-17-26)31(39)42-33(4,5)6/h7-15,20-21,26H,16-19H2,1-6H3,(H,35,37). The molecule has 3 aromatic rings. The Morgan fingerprint density at radius 1 is 0.833 bits per heavy atom. The fraction of sp³-hybridized carbons (Fsp3) is 0.394. The molecule has 0 bridgehead atoms. The number of nitrogens with one attached hydrogen (secondary N) is 1. The Bertz CT molecular complexity index is 1400. The van der Waals surface area contributed by atoms with E-state index in [4.69, 9.17) is 14.2 Å². The number of pyridine rings is 1. The number of aromatic nitrogens is 1. The highest BCUT2D eigenvalue weighted by atomic mass is 16.6. The van der Waals surface area contributed by atoms with E-state index in [1.807, 2.05) is 57.2 Å². The quantitative estimate of drug-likeness (QED) is 0.326. The maximum absolute atomic E-state index is 13.4. The fourth-order valence-electron chi connectivity index (χ4n) is 4.37.